The maximum absolute atomic E-state index is 5.52. The fraction of sp³-hybridized carbons (Fsp3) is 1.00. The molecule has 18 heavy (non-hydrogen) atoms. The standard InChI is InChI=1S/C15H30N2O/c1-15(2,18-3)8-11-17-10-5-6-13(12-17)14-7-4-9-16-14/h13-14,16H,4-12H2,1-3H3. The normalized spacial score (nSPS) is 30.8. The Balaban J connectivity index is 1.76. The monoisotopic (exact) mass is 254 g/mol. The van der Waals surface area contributed by atoms with Gasteiger partial charge >= 0.3 is 0 Å². The molecule has 2 rings (SSSR count). The molecule has 0 bridgehead atoms. The molecule has 0 aromatic carbocycles. The third kappa shape index (κ3) is 3.94. The van der Waals surface area contributed by atoms with Gasteiger partial charge in [0.25, 0.3) is 0 Å². The maximum Gasteiger partial charge on any atom is 0.0634 e. The quantitative estimate of drug-likeness (QED) is 0.814. The average molecular weight is 254 g/mol. The fourth-order valence-electron chi connectivity index (χ4n) is 3.27. The van der Waals surface area contributed by atoms with Gasteiger partial charge in [-0.05, 0) is 65.0 Å². The van der Waals surface area contributed by atoms with Crippen molar-refractivity contribution in [3.05, 3.63) is 0 Å². The Kier molecular flexibility index (Phi) is 5.05. The van der Waals surface area contributed by atoms with E-state index in [0.29, 0.717) is 0 Å². The smallest absolute Gasteiger partial charge is 0.0634 e. The topological polar surface area (TPSA) is 24.5 Å². The van der Waals surface area contributed by atoms with Gasteiger partial charge in [0.05, 0.1) is 5.60 Å². The third-order valence-corrected chi connectivity index (χ3v) is 4.79. The van der Waals surface area contributed by atoms with Gasteiger partial charge in [0.15, 0.2) is 0 Å². The van der Waals surface area contributed by atoms with Gasteiger partial charge in [0.2, 0.25) is 0 Å². The summed E-state index contributed by atoms with van der Waals surface area (Å²) in [4.78, 5) is 2.65. The number of ether oxygens (including phenoxy) is 1. The summed E-state index contributed by atoms with van der Waals surface area (Å²) in [5.41, 5.74) is 0.0263. The van der Waals surface area contributed by atoms with Crippen LogP contribution >= 0.6 is 0 Å². The van der Waals surface area contributed by atoms with Crippen molar-refractivity contribution in [2.45, 2.75) is 57.6 Å². The molecule has 0 spiro atoms. The van der Waals surface area contributed by atoms with Gasteiger partial charge in [-0.25, -0.2) is 0 Å². The Hall–Kier alpha value is -0.120. The van der Waals surface area contributed by atoms with Crippen LogP contribution in [0.5, 0.6) is 0 Å². The van der Waals surface area contributed by atoms with E-state index >= 15 is 0 Å². The first-order chi connectivity index (χ1) is 8.61. The second-order valence-corrected chi connectivity index (χ2v) is 6.62. The molecule has 2 saturated heterocycles. The predicted molar refractivity (Wildman–Crippen MR) is 75.9 cm³/mol. The van der Waals surface area contributed by atoms with Crippen molar-refractivity contribution in [3.8, 4) is 0 Å². The number of nitrogens with zero attached hydrogens (tertiary/aromatic N) is 1. The average Bonchev–Trinajstić information content (AvgIpc) is 2.91. The molecule has 2 aliphatic heterocycles. The fourth-order valence-corrected chi connectivity index (χ4v) is 3.27. The molecule has 2 heterocycles. The maximum atomic E-state index is 5.52. The lowest BCUT2D eigenvalue weighted by Gasteiger charge is -2.37. The number of nitrogens with one attached hydrogen (secondary N) is 1. The Bertz CT molecular complexity index is 249. The number of rotatable bonds is 5. The van der Waals surface area contributed by atoms with Gasteiger partial charge in [0.1, 0.15) is 0 Å². The summed E-state index contributed by atoms with van der Waals surface area (Å²) in [7, 11) is 1.82. The molecule has 0 aromatic heterocycles. The van der Waals surface area contributed by atoms with Gasteiger partial charge < -0.3 is 15.0 Å². The zero-order valence-corrected chi connectivity index (χ0v) is 12.4. The van der Waals surface area contributed by atoms with Crippen LogP contribution in [0, 0.1) is 5.92 Å². The number of methoxy groups -OCH3 is 1. The highest BCUT2D eigenvalue weighted by molar-refractivity contribution is 4.86. The van der Waals surface area contributed by atoms with E-state index in [9.17, 15) is 0 Å². The van der Waals surface area contributed by atoms with Crippen molar-refractivity contribution in [1.82, 2.24) is 10.2 Å². The Morgan fingerprint density at radius 1 is 1.28 bits per heavy atom. The van der Waals surface area contributed by atoms with Crippen LogP contribution in [0.4, 0.5) is 0 Å². The van der Waals surface area contributed by atoms with E-state index in [0.717, 1.165) is 18.4 Å². The molecule has 0 amide bonds. The molecule has 0 aromatic rings. The largest absolute Gasteiger partial charge is 0.379 e. The minimum absolute atomic E-state index is 0.0263. The van der Waals surface area contributed by atoms with E-state index in [1.54, 1.807) is 0 Å². The lowest BCUT2D eigenvalue weighted by molar-refractivity contribution is 0.00340. The second-order valence-electron chi connectivity index (χ2n) is 6.62. The number of hydrogen-bond acceptors (Lipinski definition) is 3. The first-order valence-electron chi connectivity index (χ1n) is 7.61. The molecule has 2 unspecified atom stereocenters. The van der Waals surface area contributed by atoms with Crippen LogP contribution < -0.4 is 5.32 Å². The molecular weight excluding hydrogens is 224 g/mol. The lowest BCUT2D eigenvalue weighted by Crippen LogP contribution is -2.44. The van der Waals surface area contributed by atoms with Crippen molar-refractivity contribution in [3.63, 3.8) is 0 Å². The molecule has 3 nitrogen and oxygen atoms in total. The van der Waals surface area contributed by atoms with Gasteiger partial charge in [0, 0.05) is 26.2 Å². The highest BCUT2D eigenvalue weighted by Gasteiger charge is 2.29. The highest BCUT2D eigenvalue weighted by atomic mass is 16.5. The van der Waals surface area contributed by atoms with Crippen LogP contribution in [-0.2, 0) is 4.74 Å². The summed E-state index contributed by atoms with van der Waals surface area (Å²) >= 11 is 0. The zero-order chi connectivity index (χ0) is 13.0. The Morgan fingerprint density at radius 3 is 2.78 bits per heavy atom. The van der Waals surface area contributed by atoms with Gasteiger partial charge in [-0.3, -0.25) is 0 Å². The molecule has 106 valence electrons. The van der Waals surface area contributed by atoms with Gasteiger partial charge in [-0.15, -0.1) is 0 Å². The van der Waals surface area contributed by atoms with Gasteiger partial charge in [-0.1, -0.05) is 0 Å². The lowest BCUT2D eigenvalue weighted by atomic mass is 9.89. The summed E-state index contributed by atoms with van der Waals surface area (Å²) in [6, 6.07) is 0.795. The first-order valence-corrected chi connectivity index (χ1v) is 7.61. The van der Waals surface area contributed by atoms with Crippen LogP contribution in [-0.4, -0.2) is 49.8 Å². The number of hydrogen-bond donors (Lipinski definition) is 1. The molecule has 0 saturated carbocycles. The first kappa shape index (κ1) is 14.3. The third-order valence-electron chi connectivity index (χ3n) is 4.79. The Labute approximate surface area is 112 Å². The van der Waals surface area contributed by atoms with Crippen LogP contribution in [0.2, 0.25) is 0 Å². The van der Waals surface area contributed by atoms with Crippen molar-refractivity contribution < 1.29 is 4.74 Å². The SMILES string of the molecule is COC(C)(C)CCN1CCCC(C2CCCN2)C1. The van der Waals surface area contributed by atoms with E-state index in [-0.39, 0.29) is 5.60 Å². The predicted octanol–water partition coefficient (Wildman–Crippen LogP) is 2.27. The zero-order valence-electron chi connectivity index (χ0n) is 12.4. The highest BCUT2D eigenvalue weighted by Crippen LogP contribution is 2.25. The van der Waals surface area contributed by atoms with E-state index in [2.05, 4.69) is 24.1 Å². The van der Waals surface area contributed by atoms with Crippen molar-refractivity contribution in [1.29, 1.82) is 0 Å². The summed E-state index contributed by atoms with van der Waals surface area (Å²) in [5.74, 6) is 0.881. The second kappa shape index (κ2) is 6.36. The van der Waals surface area contributed by atoms with Crippen molar-refractivity contribution in [2.75, 3.05) is 33.3 Å². The van der Waals surface area contributed by atoms with Crippen LogP contribution in [0.1, 0.15) is 46.0 Å². The Morgan fingerprint density at radius 2 is 2.11 bits per heavy atom. The molecule has 0 radical (unpaired) electrons. The summed E-state index contributed by atoms with van der Waals surface area (Å²) < 4.78 is 5.52. The molecule has 2 aliphatic rings. The van der Waals surface area contributed by atoms with E-state index < -0.39 is 0 Å². The summed E-state index contributed by atoms with van der Waals surface area (Å²) in [5, 5.41) is 3.68. The van der Waals surface area contributed by atoms with Crippen LogP contribution in [0.3, 0.4) is 0 Å². The molecule has 0 aliphatic carbocycles. The van der Waals surface area contributed by atoms with Crippen LogP contribution in [0.15, 0.2) is 0 Å². The van der Waals surface area contributed by atoms with Crippen molar-refractivity contribution in [2.24, 2.45) is 5.92 Å². The minimum Gasteiger partial charge on any atom is -0.379 e. The molecule has 2 atom stereocenters. The molecular formula is C15H30N2O. The summed E-state index contributed by atoms with van der Waals surface area (Å²) in [6.07, 6.45) is 6.69. The summed E-state index contributed by atoms with van der Waals surface area (Å²) in [6.45, 7) is 9.36. The van der Waals surface area contributed by atoms with Gasteiger partial charge in [-0.2, -0.15) is 0 Å². The van der Waals surface area contributed by atoms with E-state index in [1.165, 1.54) is 51.9 Å². The van der Waals surface area contributed by atoms with Crippen LogP contribution in [0.25, 0.3) is 0 Å². The molecule has 1 N–H and O–H groups in total. The minimum atomic E-state index is 0.0263. The molecule has 2 fully saturated rings. The van der Waals surface area contributed by atoms with E-state index in [4.69, 9.17) is 4.74 Å². The van der Waals surface area contributed by atoms with E-state index in [1.807, 2.05) is 7.11 Å². The number of piperidine rings is 1. The van der Waals surface area contributed by atoms with Crippen molar-refractivity contribution >= 4 is 0 Å². The molecule has 3 heteroatoms. The number of likely N-dealkylation sites (tertiary alicyclic amines) is 1.